The molecule has 2 atom stereocenters. The Labute approximate surface area is 101 Å². The van der Waals surface area contributed by atoms with Gasteiger partial charge in [0.1, 0.15) is 0 Å². The van der Waals surface area contributed by atoms with Gasteiger partial charge in [0.2, 0.25) is 0 Å². The smallest absolute Gasteiger partial charge is 0.0257 e. The molecule has 2 heteroatoms. The topological polar surface area (TPSA) is 29.3 Å². The van der Waals surface area contributed by atoms with Crippen LogP contribution in [0.1, 0.15) is 59.8 Å². The number of nitrogens with zero attached hydrogens (tertiary/aromatic N) is 1. The molecule has 0 radical (unpaired) electrons. The molecule has 1 aliphatic heterocycles. The van der Waals surface area contributed by atoms with Gasteiger partial charge in [-0.1, -0.05) is 13.8 Å². The zero-order valence-electron chi connectivity index (χ0n) is 11.4. The van der Waals surface area contributed by atoms with E-state index in [9.17, 15) is 0 Å². The summed E-state index contributed by atoms with van der Waals surface area (Å²) in [5.74, 6) is 0. The maximum atomic E-state index is 6.36. The van der Waals surface area contributed by atoms with E-state index >= 15 is 0 Å². The third kappa shape index (κ3) is 2.28. The highest BCUT2D eigenvalue weighted by molar-refractivity contribution is 4.99. The Morgan fingerprint density at radius 1 is 1.12 bits per heavy atom. The molecule has 2 aliphatic rings. The minimum absolute atomic E-state index is 0.371. The Hall–Kier alpha value is -0.0800. The largest absolute Gasteiger partial charge is 0.326 e. The second kappa shape index (κ2) is 3.99. The standard InChI is InChI=1S/C14H28N2/c1-13(2)8-6-11(15)12(10-13)16-9-5-7-14(16,3)4/h11-12H,5-10,15H2,1-4H3. The number of hydrogen-bond acceptors (Lipinski definition) is 2. The SMILES string of the molecule is CC1(C)CCC(N)C(N2CCCC2(C)C)C1. The number of likely N-dealkylation sites (tertiary alicyclic amines) is 1. The molecule has 0 aromatic rings. The molecular formula is C14H28N2. The van der Waals surface area contributed by atoms with Gasteiger partial charge in [-0.25, -0.2) is 0 Å². The molecule has 1 saturated carbocycles. The fraction of sp³-hybridized carbons (Fsp3) is 1.00. The molecule has 16 heavy (non-hydrogen) atoms. The summed E-state index contributed by atoms with van der Waals surface area (Å²) in [6, 6.07) is 1.01. The fourth-order valence-electron chi connectivity index (χ4n) is 3.65. The van der Waals surface area contributed by atoms with Crippen molar-refractivity contribution < 1.29 is 0 Å². The zero-order valence-corrected chi connectivity index (χ0v) is 11.4. The summed E-state index contributed by atoms with van der Waals surface area (Å²) < 4.78 is 0. The Kier molecular flexibility index (Phi) is 3.09. The van der Waals surface area contributed by atoms with Gasteiger partial charge in [-0.3, -0.25) is 4.90 Å². The van der Waals surface area contributed by atoms with Crippen molar-refractivity contribution in [1.82, 2.24) is 4.90 Å². The molecule has 1 saturated heterocycles. The lowest BCUT2D eigenvalue weighted by molar-refractivity contribution is 0.0371. The van der Waals surface area contributed by atoms with Gasteiger partial charge in [-0.15, -0.1) is 0 Å². The summed E-state index contributed by atoms with van der Waals surface area (Å²) in [6.07, 6.45) is 6.44. The Morgan fingerprint density at radius 3 is 2.38 bits per heavy atom. The first-order valence-electron chi connectivity index (χ1n) is 6.84. The van der Waals surface area contributed by atoms with Crippen molar-refractivity contribution >= 4 is 0 Å². The molecule has 0 aromatic carbocycles. The summed E-state index contributed by atoms with van der Waals surface area (Å²) in [4.78, 5) is 2.69. The third-order valence-electron chi connectivity index (χ3n) is 4.78. The van der Waals surface area contributed by atoms with Gasteiger partial charge in [0, 0.05) is 17.6 Å². The molecule has 2 nitrogen and oxygen atoms in total. The lowest BCUT2D eigenvalue weighted by Crippen LogP contribution is -2.57. The quantitative estimate of drug-likeness (QED) is 0.742. The summed E-state index contributed by atoms with van der Waals surface area (Å²) in [5.41, 5.74) is 7.22. The van der Waals surface area contributed by atoms with Crippen LogP contribution in [0.15, 0.2) is 0 Å². The van der Waals surface area contributed by atoms with Gasteiger partial charge in [0.15, 0.2) is 0 Å². The molecule has 94 valence electrons. The van der Waals surface area contributed by atoms with Crippen molar-refractivity contribution in [2.75, 3.05) is 6.54 Å². The maximum Gasteiger partial charge on any atom is 0.0257 e. The Bertz CT molecular complexity index is 257. The molecule has 0 spiro atoms. The fourth-order valence-corrected chi connectivity index (χ4v) is 3.65. The van der Waals surface area contributed by atoms with E-state index in [1.165, 1.54) is 38.6 Å². The second-order valence-corrected chi connectivity index (χ2v) is 7.25. The van der Waals surface area contributed by atoms with Gasteiger partial charge < -0.3 is 5.73 Å². The van der Waals surface area contributed by atoms with E-state index in [4.69, 9.17) is 5.73 Å². The van der Waals surface area contributed by atoms with Crippen LogP contribution < -0.4 is 5.73 Å². The predicted molar refractivity (Wildman–Crippen MR) is 69.4 cm³/mol. The molecule has 2 fully saturated rings. The first-order chi connectivity index (χ1) is 7.32. The van der Waals surface area contributed by atoms with Gasteiger partial charge in [-0.05, 0) is 57.9 Å². The molecule has 2 unspecified atom stereocenters. The molecule has 2 N–H and O–H groups in total. The lowest BCUT2D eigenvalue weighted by atomic mass is 9.72. The average molecular weight is 224 g/mol. The van der Waals surface area contributed by atoms with Crippen molar-refractivity contribution in [2.24, 2.45) is 11.1 Å². The van der Waals surface area contributed by atoms with Gasteiger partial charge >= 0.3 is 0 Å². The highest BCUT2D eigenvalue weighted by Gasteiger charge is 2.43. The third-order valence-corrected chi connectivity index (χ3v) is 4.78. The summed E-state index contributed by atoms with van der Waals surface area (Å²) >= 11 is 0. The second-order valence-electron chi connectivity index (χ2n) is 7.25. The van der Waals surface area contributed by atoms with Crippen LogP contribution in [0, 0.1) is 5.41 Å². The van der Waals surface area contributed by atoms with E-state index in [0.717, 1.165) is 0 Å². The van der Waals surface area contributed by atoms with Gasteiger partial charge in [0.25, 0.3) is 0 Å². The van der Waals surface area contributed by atoms with Crippen LogP contribution in [0.3, 0.4) is 0 Å². The first-order valence-corrected chi connectivity index (χ1v) is 6.84. The van der Waals surface area contributed by atoms with Crippen LogP contribution in [0.2, 0.25) is 0 Å². The molecule has 0 aromatic heterocycles. The monoisotopic (exact) mass is 224 g/mol. The van der Waals surface area contributed by atoms with Gasteiger partial charge in [0.05, 0.1) is 0 Å². The van der Waals surface area contributed by atoms with Crippen molar-refractivity contribution in [3.63, 3.8) is 0 Å². The highest BCUT2D eigenvalue weighted by Crippen LogP contribution is 2.41. The number of rotatable bonds is 1. The summed E-state index contributed by atoms with van der Waals surface area (Å²) in [5, 5.41) is 0. The van der Waals surface area contributed by atoms with Crippen molar-refractivity contribution in [2.45, 2.75) is 77.4 Å². The predicted octanol–water partition coefficient (Wildman–Crippen LogP) is 2.77. The minimum atomic E-state index is 0.371. The van der Waals surface area contributed by atoms with Crippen LogP contribution in [0.5, 0.6) is 0 Å². The molecule has 0 amide bonds. The molecule has 0 bridgehead atoms. The van der Waals surface area contributed by atoms with E-state index in [1.54, 1.807) is 0 Å². The van der Waals surface area contributed by atoms with Crippen LogP contribution in [0.25, 0.3) is 0 Å². The molecule has 1 aliphatic carbocycles. The van der Waals surface area contributed by atoms with E-state index < -0.39 is 0 Å². The highest BCUT2D eigenvalue weighted by atomic mass is 15.3. The van der Waals surface area contributed by atoms with E-state index in [0.29, 0.717) is 23.0 Å². The van der Waals surface area contributed by atoms with Crippen LogP contribution in [-0.4, -0.2) is 29.1 Å². The lowest BCUT2D eigenvalue weighted by Gasteiger charge is -2.48. The summed E-state index contributed by atoms with van der Waals surface area (Å²) in [7, 11) is 0. The van der Waals surface area contributed by atoms with Crippen LogP contribution in [-0.2, 0) is 0 Å². The average Bonchev–Trinajstić information content (AvgIpc) is 2.50. The van der Waals surface area contributed by atoms with E-state index in [-0.39, 0.29) is 0 Å². The number of nitrogens with two attached hydrogens (primary N) is 1. The molecular weight excluding hydrogens is 196 g/mol. The summed E-state index contributed by atoms with van der Waals surface area (Å²) in [6.45, 7) is 10.8. The Morgan fingerprint density at radius 2 is 1.81 bits per heavy atom. The van der Waals surface area contributed by atoms with Crippen LogP contribution in [0.4, 0.5) is 0 Å². The molecule has 2 rings (SSSR count). The van der Waals surface area contributed by atoms with Crippen molar-refractivity contribution in [3.05, 3.63) is 0 Å². The van der Waals surface area contributed by atoms with Crippen molar-refractivity contribution in [1.29, 1.82) is 0 Å². The van der Waals surface area contributed by atoms with Crippen molar-refractivity contribution in [3.8, 4) is 0 Å². The van der Waals surface area contributed by atoms with E-state index in [1.807, 2.05) is 0 Å². The molecule has 1 heterocycles. The van der Waals surface area contributed by atoms with Gasteiger partial charge in [-0.2, -0.15) is 0 Å². The number of hydrogen-bond donors (Lipinski definition) is 1. The zero-order chi connectivity index (χ0) is 12.0. The first kappa shape index (κ1) is 12.4. The van der Waals surface area contributed by atoms with E-state index in [2.05, 4.69) is 32.6 Å². The van der Waals surface area contributed by atoms with Crippen LogP contribution >= 0.6 is 0 Å². The Balaban J connectivity index is 2.12. The maximum absolute atomic E-state index is 6.36. The minimum Gasteiger partial charge on any atom is -0.326 e. The normalized spacial score (nSPS) is 38.8.